The first kappa shape index (κ1) is 35.1. The van der Waals surface area contributed by atoms with Crippen molar-refractivity contribution >= 4 is 31.0 Å². The molecule has 0 amide bonds. The minimum atomic E-state index is -1.37. The number of nitrogens with zero attached hydrogens (tertiary/aromatic N) is 3. The lowest BCUT2D eigenvalue weighted by Gasteiger charge is -2.29. The number of nitrogens with one attached hydrogen (secondary N) is 1. The molecule has 2 unspecified atom stereocenters. The highest BCUT2D eigenvalue weighted by Crippen LogP contribution is 2.37. The minimum Gasteiger partial charge on any atom is -0.598 e. The molecule has 244 valence electrons. The summed E-state index contributed by atoms with van der Waals surface area (Å²) in [5, 5.41) is 0.303. The van der Waals surface area contributed by atoms with Gasteiger partial charge in [-0.25, -0.2) is 14.4 Å². The average molecular weight is 669 g/mol. The first-order valence-electron chi connectivity index (χ1n) is 15.2. The predicted octanol–water partition coefficient (Wildman–Crippen LogP) is 7.59. The lowest BCUT2D eigenvalue weighted by molar-refractivity contribution is -0.187. The maximum absolute atomic E-state index is 13.8. The number of unbranched alkanes of at least 4 members (excludes halogenated alkanes) is 2. The molecule has 3 aromatic rings. The third-order valence-electron chi connectivity index (χ3n) is 7.43. The Morgan fingerprint density at radius 1 is 1.16 bits per heavy atom. The van der Waals surface area contributed by atoms with Gasteiger partial charge in [-0.3, -0.25) is 0 Å². The molecule has 3 heterocycles. The molecule has 2 aromatic heterocycles. The van der Waals surface area contributed by atoms with Gasteiger partial charge in [0.1, 0.15) is 29.4 Å². The van der Waals surface area contributed by atoms with Crippen molar-refractivity contribution in [1.82, 2.24) is 19.3 Å². The van der Waals surface area contributed by atoms with Crippen LogP contribution in [0.1, 0.15) is 70.5 Å². The summed E-state index contributed by atoms with van der Waals surface area (Å²) in [6.45, 7) is 14.5. The zero-order valence-corrected chi connectivity index (χ0v) is 29.2. The molecule has 1 fully saturated rings. The summed E-state index contributed by atoms with van der Waals surface area (Å²) in [6.07, 6.45) is 6.86. The molecule has 0 spiro atoms. The molecule has 44 heavy (non-hydrogen) atoms. The normalized spacial score (nSPS) is 16.8. The first-order chi connectivity index (χ1) is 20.8. The zero-order chi connectivity index (χ0) is 32.0. The van der Waals surface area contributed by atoms with Crippen LogP contribution in [-0.4, -0.2) is 51.7 Å². The van der Waals surface area contributed by atoms with Crippen molar-refractivity contribution in [3.63, 3.8) is 0 Å². The summed E-state index contributed by atoms with van der Waals surface area (Å²) in [5.41, 5.74) is 1.42. The summed E-state index contributed by atoms with van der Waals surface area (Å²) in [5.74, 6) is -0.264. The Balaban J connectivity index is 1.55. The van der Waals surface area contributed by atoms with Gasteiger partial charge < -0.3 is 27.7 Å². The van der Waals surface area contributed by atoms with Crippen molar-refractivity contribution in [1.29, 1.82) is 0 Å². The summed E-state index contributed by atoms with van der Waals surface area (Å²) in [4.78, 5) is 8.98. The van der Waals surface area contributed by atoms with E-state index in [2.05, 4.69) is 29.3 Å². The van der Waals surface area contributed by atoms with Gasteiger partial charge in [0, 0.05) is 38.0 Å². The van der Waals surface area contributed by atoms with E-state index < -0.39 is 30.0 Å². The number of ether oxygens (including phenoxy) is 3. The van der Waals surface area contributed by atoms with E-state index in [0.29, 0.717) is 55.2 Å². The quantitative estimate of drug-likeness (QED) is 0.0946. The second kappa shape index (κ2) is 15.2. The Hall–Kier alpha value is -1.77. The Kier molecular flexibility index (Phi) is 12.1. The number of benzene rings is 1. The van der Waals surface area contributed by atoms with E-state index in [1.807, 2.05) is 25.3 Å². The topological polar surface area (TPSA) is 107 Å². The van der Waals surface area contributed by atoms with Crippen molar-refractivity contribution in [3.05, 3.63) is 59.3 Å². The number of oxazole rings is 1. The van der Waals surface area contributed by atoms with Gasteiger partial charge in [-0.2, -0.15) is 0 Å². The smallest absolute Gasteiger partial charge is 0.255 e. The second-order valence-corrected chi connectivity index (χ2v) is 21.3. The fourth-order valence-corrected chi connectivity index (χ4v) is 6.85. The Morgan fingerprint density at radius 3 is 2.48 bits per heavy atom. The van der Waals surface area contributed by atoms with Crippen molar-refractivity contribution in [2.45, 2.75) is 102 Å². The van der Waals surface area contributed by atoms with Crippen molar-refractivity contribution < 1.29 is 27.6 Å². The van der Waals surface area contributed by atoms with Crippen LogP contribution in [0.3, 0.4) is 0 Å². The molecule has 1 aliphatic rings. The molecule has 1 aromatic carbocycles. The number of hydrogen-bond donors (Lipinski definition) is 1. The molecule has 0 radical (unpaired) electrons. The highest BCUT2D eigenvalue weighted by atomic mass is 35.5. The van der Waals surface area contributed by atoms with E-state index in [0.717, 1.165) is 30.9 Å². The summed E-state index contributed by atoms with van der Waals surface area (Å²) in [7, 11) is -1.31. The SMILES string of the molecule is CC(C)(C)[S+]([O-])NC(CCCCCC1(c2ncco2)OCCO1)c1c(Cl)nc(-c2ccc(F)cc2)n1COCC[Si](C)(C)C. The van der Waals surface area contributed by atoms with Crippen LogP contribution < -0.4 is 4.72 Å². The Morgan fingerprint density at radius 2 is 1.86 bits per heavy atom. The Bertz CT molecular complexity index is 1310. The van der Waals surface area contributed by atoms with E-state index in [1.54, 1.807) is 18.3 Å². The van der Waals surface area contributed by atoms with Crippen LogP contribution in [-0.2, 0) is 38.1 Å². The van der Waals surface area contributed by atoms with Gasteiger partial charge in [0.2, 0.25) is 5.79 Å². The number of hydrogen-bond acceptors (Lipinski definition) is 8. The van der Waals surface area contributed by atoms with Crippen LogP contribution in [0.5, 0.6) is 0 Å². The summed E-state index contributed by atoms with van der Waals surface area (Å²) < 4.78 is 55.5. The van der Waals surface area contributed by atoms with Gasteiger partial charge in [-0.05, 0) is 63.9 Å². The van der Waals surface area contributed by atoms with E-state index in [9.17, 15) is 8.94 Å². The van der Waals surface area contributed by atoms with Crippen LogP contribution in [0.15, 0.2) is 41.1 Å². The minimum absolute atomic E-state index is 0.222. The first-order valence-corrected chi connectivity index (χ1v) is 20.5. The fourth-order valence-electron chi connectivity index (χ4n) is 4.93. The van der Waals surface area contributed by atoms with Crippen LogP contribution in [0.4, 0.5) is 4.39 Å². The predicted molar refractivity (Wildman–Crippen MR) is 174 cm³/mol. The summed E-state index contributed by atoms with van der Waals surface area (Å²) in [6, 6.07) is 6.81. The van der Waals surface area contributed by atoms with E-state index in [4.69, 9.17) is 35.2 Å². The zero-order valence-electron chi connectivity index (χ0n) is 26.7. The highest BCUT2D eigenvalue weighted by molar-refractivity contribution is 7.90. The lowest BCUT2D eigenvalue weighted by atomic mass is 10.0. The second-order valence-electron chi connectivity index (χ2n) is 13.3. The Labute approximate surface area is 269 Å². The molecular weight excluding hydrogens is 623 g/mol. The third-order valence-corrected chi connectivity index (χ3v) is 11.0. The number of aromatic nitrogens is 3. The third kappa shape index (κ3) is 9.38. The molecule has 4 rings (SSSR count). The largest absolute Gasteiger partial charge is 0.598 e. The maximum atomic E-state index is 13.8. The molecule has 1 aliphatic heterocycles. The van der Waals surface area contributed by atoms with E-state index >= 15 is 0 Å². The number of imidazole rings is 1. The monoisotopic (exact) mass is 668 g/mol. The molecule has 1 saturated heterocycles. The van der Waals surface area contributed by atoms with Crippen LogP contribution >= 0.6 is 11.6 Å². The van der Waals surface area contributed by atoms with E-state index in [-0.39, 0.29) is 18.6 Å². The fraction of sp³-hybridized carbons (Fsp3) is 0.613. The van der Waals surface area contributed by atoms with Gasteiger partial charge in [-0.15, -0.1) is 4.72 Å². The van der Waals surface area contributed by atoms with Crippen LogP contribution in [0.25, 0.3) is 11.4 Å². The van der Waals surface area contributed by atoms with Gasteiger partial charge in [0.15, 0.2) is 5.15 Å². The van der Waals surface area contributed by atoms with E-state index in [1.165, 1.54) is 18.4 Å². The molecule has 0 bridgehead atoms. The van der Waals surface area contributed by atoms with Gasteiger partial charge >= 0.3 is 0 Å². The van der Waals surface area contributed by atoms with Gasteiger partial charge in [0.25, 0.3) is 5.89 Å². The molecule has 13 heteroatoms. The van der Waals surface area contributed by atoms with Gasteiger partial charge in [-0.1, -0.05) is 44.1 Å². The summed E-state index contributed by atoms with van der Waals surface area (Å²) >= 11 is 5.49. The molecular formula is C31H46ClFN4O5SSi. The van der Waals surface area contributed by atoms with Gasteiger partial charge in [0.05, 0.1) is 31.1 Å². The molecule has 0 saturated carbocycles. The van der Waals surface area contributed by atoms with Crippen LogP contribution in [0, 0.1) is 5.82 Å². The molecule has 0 aliphatic carbocycles. The van der Waals surface area contributed by atoms with Crippen molar-refractivity contribution in [3.8, 4) is 11.4 Å². The molecule has 1 N–H and O–H groups in total. The molecule has 2 atom stereocenters. The lowest BCUT2D eigenvalue weighted by Crippen LogP contribution is -2.42. The van der Waals surface area contributed by atoms with Crippen molar-refractivity contribution in [2.24, 2.45) is 0 Å². The van der Waals surface area contributed by atoms with Crippen LogP contribution in [0.2, 0.25) is 30.8 Å². The maximum Gasteiger partial charge on any atom is 0.255 e. The number of halogens is 2. The standard InChI is InChI=1S/C31H46ClFN4O5SSi/c1-30(2,3)43(38)36-25(10-8-7-9-15-31(41-18-19-42-31)29-34-16-17-40-29)26-27(32)35-28(23-11-13-24(33)14-12-23)37(26)22-39-20-21-44(4,5)6/h11-14,16-17,25,36H,7-10,15,18-22H2,1-6H3. The van der Waals surface area contributed by atoms with Crippen molar-refractivity contribution in [2.75, 3.05) is 19.8 Å². The average Bonchev–Trinajstić information content (AvgIpc) is 3.71. The number of rotatable bonds is 16. The highest BCUT2D eigenvalue weighted by Gasteiger charge is 2.42. The molecule has 9 nitrogen and oxygen atoms in total.